The summed E-state index contributed by atoms with van der Waals surface area (Å²) < 4.78 is 0. The van der Waals surface area contributed by atoms with E-state index in [9.17, 15) is 4.79 Å². The molecule has 3 aliphatic rings. The van der Waals surface area contributed by atoms with E-state index in [4.69, 9.17) is 0 Å². The Morgan fingerprint density at radius 2 is 2.21 bits per heavy atom. The standard InChI is InChI=1S/C19H21N7OS/c1-10-7-16(25-24-10)23-19-22-13(8-17-20-11(2)9-26(17)19)14-5-6-15(28-14)18(27)21-12-3-4-12/h5-9,12,17,20H,3-4H2,1-2H3,(H,21,27)(H2,22,23,24,25). The third-order valence-corrected chi connectivity index (χ3v) is 5.86. The molecular weight excluding hydrogens is 374 g/mol. The molecule has 0 bridgehead atoms. The van der Waals surface area contributed by atoms with Crippen LogP contribution in [0.2, 0.25) is 0 Å². The summed E-state index contributed by atoms with van der Waals surface area (Å²) in [6, 6.07) is 6.11. The van der Waals surface area contributed by atoms with Crippen molar-refractivity contribution in [2.75, 3.05) is 0 Å². The molecule has 2 aromatic heterocycles. The highest BCUT2D eigenvalue weighted by molar-refractivity contribution is 7.15. The minimum Gasteiger partial charge on any atom is -0.364 e. The number of allylic oxidation sites excluding steroid dienone is 1. The number of nitrogens with zero attached hydrogens (tertiary/aromatic N) is 3. The summed E-state index contributed by atoms with van der Waals surface area (Å²) in [5.41, 5.74) is 2.95. The number of hydrogen-bond donors (Lipinski definition) is 4. The number of aromatic amines is 1. The molecule has 4 N–H and O–H groups in total. The van der Waals surface area contributed by atoms with E-state index in [0.717, 1.165) is 39.7 Å². The Morgan fingerprint density at radius 3 is 2.96 bits per heavy atom. The second-order valence-electron chi connectivity index (χ2n) is 7.27. The van der Waals surface area contributed by atoms with Gasteiger partial charge in [-0.25, -0.2) is 0 Å². The molecule has 1 atom stereocenters. The number of carbonyl (C=O) groups excluding carboxylic acids is 1. The fourth-order valence-electron chi connectivity index (χ4n) is 3.22. The van der Waals surface area contributed by atoms with E-state index in [1.165, 1.54) is 11.3 Å². The highest BCUT2D eigenvalue weighted by Gasteiger charge is 2.31. The summed E-state index contributed by atoms with van der Waals surface area (Å²) in [7, 11) is 0. The van der Waals surface area contributed by atoms with E-state index in [-0.39, 0.29) is 12.1 Å². The van der Waals surface area contributed by atoms with Crippen LogP contribution in [0.1, 0.15) is 40.0 Å². The minimum absolute atomic E-state index is 0.00850. The fraction of sp³-hybridized carbons (Fsp3) is 0.316. The lowest BCUT2D eigenvalue weighted by atomic mass is 10.2. The number of amides is 1. The Labute approximate surface area is 166 Å². The molecule has 1 amide bonds. The molecule has 9 heteroatoms. The van der Waals surface area contributed by atoms with Crippen molar-refractivity contribution < 1.29 is 4.79 Å². The van der Waals surface area contributed by atoms with Crippen LogP contribution < -0.4 is 16.0 Å². The summed E-state index contributed by atoms with van der Waals surface area (Å²) in [4.78, 5) is 20.8. The number of rotatable bonds is 4. The van der Waals surface area contributed by atoms with Gasteiger partial charge in [0.25, 0.3) is 5.91 Å². The molecular formula is C19H21N7OS. The van der Waals surface area contributed by atoms with Crippen LogP contribution in [0.25, 0.3) is 5.70 Å². The quantitative estimate of drug-likeness (QED) is 0.637. The molecule has 8 nitrogen and oxygen atoms in total. The van der Waals surface area contributed by atoms with Gasteiger partial charge < -0.3 is 16.0 Å². The van der Waals surface area contributed by atoms with Crippen LogP contribution in [0, 0.1) is 6.92 Å². The number of aryl methyl sites for hydroxylation is 1. The van der Waals surface area contributed by atoms with E-state index in [1.54, 1.807) is 0 Å². The van der Waals surface area contributed by atoms with Crippen LogP contribution in [0.4, 0.5) is 5.82 Å². The van der Waals surface area contributed by atoms with Gasteiger partial charge in [0.15, 0.2) is 5.82 Å². The van der Waals surface area contributed by atoms with Crippen molar-refractivity contribution in [3.8, 4) is 0 Å². The molecule has 4 heterocycles. The average Bonchev–Trinajstić information content (AvgIpc) is 3.06. The normalized spacial score (nSPS) is 22.3. The number of aromatic nitrogens is 2. The maximum atomic E-state index is 12.3. The van der Waals surface area contributed by atoms with Crippen molar-refractivity contribution in [1.29, 1.82) is 0 Å². The van der Waals surface area contributed by atoms with Crippen LogP contribution in [-0.4, -0.2) is 39.2 Å². The number of H-pyrrole nitrogens is 1. The van der Waals surface area contributed by atoms with Crippen molar-refractivity contribution >= 4 is 34.7 Å². The monoisotopic (exact) mass is 395 g/mol. The summed E-state index contributed by atoms with van der Waals surface area (Å²) in [6.07, 6.45) is 6.26. The SMILES string of the molecule is CC1=CN2C(=Nc3cc(C)[nH]n3)NC(c3ccc(C(=O)NC4CC4)s3)=CC2N1. The molecule has 144 valence electrons. The fourth-order valence-corrected chi connectivity index (χ4v) is 4.11. The minimum atomic E-state index is -0.0270. The number of thiophene rings is 1. The number of hydrogen-bond acceptors (Lipinski definition) is 5. The van der Waals surface area contributed by atoms with Crippen molar-refractivity contribution in [3.05, 3.63) is 51.6 Å². The maximum Gasteiger partial charge on any atom is 0.261 e. The van der Waals surface area contributed by atoms with Gasteiger partial charge in [0, 0.05) is 29.7 Å². The first kappa shape index (κ1) is 17.1. The van der Waals surface area contributed by atoms with Gasteiger partial charge in [0.2, 0.25) is 5.96 Å². The summed E-state index contributed by atoms with van der Waals surface area (Å²) >= 11 is 1.48. The summed E-state index contributed by atoms with van der Waals surface area (Å²) in [5, 5.41) is 17.0. The highest BCUT2D eigenvalue weighted by atomic mass is 32.1. The lowest BCUT2D eigenvalue weighted by Gasteiger charge is -2.31. The zero-order valence-corrected chi connectivity index (χ0v) is 16.4. The average molecular weight is 395 g/mol. The van der Waals surface area contributed by atoms with Crippen LogP contribution in [0.3, 0.4) is 0 Å². The lowest BCUT2D eigenvalue weighted by molar-refractivity contribution is 0.0955. The Kier molecular flexibility index (Phi) is 3.97. The van der Waals surface area contributed by atoms with E-state index < -0.39 is 0 Å². The Morgan fingerprint density at radius 1 is 1.36 bits per heavy atom. The van der Waals surface area contributed by atoms with E-state index >= 15 is 0 Å². The second-order valence-corrected chi connectivity index (χ2v) is 8.35. The zero-order chi connectivity index (χ0) is 19.3. The van der Waals surface area contributed by atoms with Gasteiger partial charge in [-0.3, -0.25) is 14.8 Å². The number of fused-ring (bicyclic) bond motifs is 1. The van der Waals surface area contributed by atoms with E-state index in [0.29, 0.717) is 17.8 Å². The van der Waals surface area contributed by atoms with Crippen molar-refractivity contribution in [2.24, 2.45) is 4.99 Å². The van der Waals surface area contributed by atoms with Gasteiger partial charge in [-0.15, -0.1) is 11.3 Å². The predicted octanol–water partition coefficient (Wildman–Crippen LogP) is 2.40. The summed E-state index contributed by atoms with van der Waals surface area (Å²) in [6.45, 7) is 3.97. The molecule has 2 aliphatic heterocycles. The van der Waals surface area contributed by atoms with Gasteiger partial charge in [0.05, 0.1) is 15.5 Å². The topological polar surface area (TPSA) is 97.4 Å². The van der Waals surface area contributed by atoms with Crippen LogP contribution in [0.5, 0.6) is 0 Å². The maximum absolute atomic E-state index is 12.3. The van der Waals surface area contributed by atoms with Crippen molar-refractivity contribution in [1.82, 2.24) is 31.0 Å². The van der Waals surface area contributed by atoms with E-state index in [2.05, 4.69) is 37.2 Å². The first-order chi connectivity index (χ1) is 13.5. The van der Waals surface area contributed by atoms with Crippen LogP contribution in [-0.2, 0) is 0 Å². The molecule has 1 fully saturated rings. The third-order valence-electron chi connectivity index (χ3n) is 4.74. The van der Waals surface area contributed by atoms with Crippen LogP contribution >= 0.6 is 11.3 Å². The van der Waals surface area contributed by atoms with Gasteiger partial charge in [-0.1, -0.05) is 0 Å². The molecule has 0 spiro atoms. The lowest BCUT2D eigenvalue weighted by Crippen LogP contribution is -2.48. The number of guanidine groups is 1. The summed E-state index contributed by atoms with van der Waals surface area (Å²) in [5.74, 6) is 1.32. The zero-order valence-electron chi connectivity index (χ0n) is 15.6. The van der Waals surface area contributed by atoms with Crippen molar-refractivity contribution in [3.63, 3.8) is 0 Å². The number of nitrogens with one attached hydrogen (secondary N) is 4. The molecule has 1 saturated carbocycles. The van der Waals surface area contributed by atoms with Crippen molar-refractivity contribution in [2.45, 2.75) is 38.9 Å². The molecule has 5 rings (SSSR count). The second kappa shape index (κ2) is 6.52. The van der Waals surface area contributed by atoms with Gasteiger partial charge >= 0.3 is 0 Å². The number of aliphatic imine (C=N–C) groups is 1. The highest BCUT2D eigenvalue weighted by Crippen LogP contribution is 2.29. The Balaban J connectivity index is 1.43. The largest absolute Gasteiger partial charge is 0.364 e. The predicted molar refractivity (Wildman–Crippen MR) is 109 cm³/mol. The van der Waals surface area contributed by atoms with Crippen LogP contribution in [0.15, 0.2) is 41.2 Å². The van der Waals surface area contributed by atoms with Gasteiger partial charge in [0.1, 0.15) is 6.17 Å². The molecule has 1 aliphatic carbocycles. The first-order valence-electron chi connectivity index (χ1n) is 9.29. The Bertz CT molecular complexity index is 1030. The molecule has 1 unspecified atom stereocenters. The molecule has 28 heavy (non-hydrogen) atoms. The third kappa shape index (κ3) is 3.29. The molecule has 0 radical (unpaired) electrons. The molecule has 0 saturated heterocycles. The smallest absolute Gasteiger partial charge is 0.261 e. The first-order valence-corrected chi connectivity index (χ1v) is 10.1. The van der Waals surface area contributed by atoms with Gasteiger partial charge in [-0.2, -0.15) is 10.1 Å². The number of carbonyl (C=O) groups is 1. The van der Waals surface area contributed by atoms with E-state index in [1.807, 2.05) is 43.1 Å². The van der Waals surface area contributed by atoms with Gasteiger partial charge in [-0.05, 0) is 44.9 Å². The Hall–Kier alpha value is -3.07. The molecule has 2 aromatic rings. The molecule has 0 aromatic carbocycles.